The molecular weight excluding hydrogens is 264 g/mol. The first-order valence-electron chi connectivity index (χ1n) is 7.30. The molecule has 5 nitrogen and oxygen atoms in total. The molecule has 0 amide bonds. The molecule has 106 valence electrons. The number of fused-ring (bicyclic) bond motifs is 1. The zero-order chi connectivity index (χ0) is 14.1. The molecule has 1 aromatic carbocycles. The molecule has 2 aromatic heterocycles. The van der Waals surface area contributed by atoms with Gasteiger partial charge in [-0.25, -0.2) is 0 Å². The van der Waals surface area contributed by atoms with Crippen molar-refractivity contribution in [2.75, 3.05) is 0 Å². The Labute approximate surface area is 122 Å². The van der Waals surface area contributed by atoms with E-state index in [-0.39, 0.29) is 0 Å². The highest BCUT2D eigenvalue weighted by atomic mass is 16.5. The number of hydrogen-bond donors (Lipinski definition) is 0. The maximum atomic E-state index is 5.85. The van der Waals surface area contributed by atoms with Gasteiger partial charge in [0.05, 0.1) is 0 Å². The van der Waals surface area contributed by atoms with E-state index in [1.54, 1.807) is 4.52 Å². The minimum absolute atomic E-state index is 0.323. The summed E-state index contributed by atoms with van der Waals surface area (Å²) < 4.78 is 7.62. The van der Waals surface area contributed by atoms with Crippen molar-refractivity contribution in [1.82, 2.24) is 19.8 Å². The zero-order valence-electron chi connectivity index (χ0n) is 11.6. The topological polar surface area (TPSA) is 52.3 Å². The number of benzene rings is 1. The minimum Gasteiger partial charge on any atom is -0.473 e. The van der Waals surface area contributed by atoms with E-state index in [0.29, 0.717) is 18.4 Å². The van der Waals surface area contributed by atoms with Gasteiger partial charge in [0.25, 0.3) is 0 Å². The standard InChI is InChI=1S/C16H16N4O/c1-2-5-12(6-3-1)11-15-18-17-14-9-10-16(19-20(14)15)21-13-7-4-8-13/h1-3,5-6,9-10,13H,4,7-8,11H2. The molecule has 0 atom stereocenters. The fraction of sp³-hybridized carbons (Fsp3) is 0.312. The maximum Gasteiger partial charge on any atom is 0.232 e. The van der Waals surface area contributed by atoms with Crippen molar-refractivity contribution >= 4 is 5.65 Å². The Morgan fingerprint density at radius 1 is 1.05 bits per heavy atom. The van der Waals surface area contributed by atoms with Gasteiger partial charge in [-0.05, 0) is 30.9 Å². The van der Waals surface area contributed by atoms with Gasteiger partial charge in [0.1, 0.15) is 6.10 Å². The summed E-state index contributed by atoms with van der Waals surface area (Å²) in [6, 6.07) is 14.0. The van der Waals surface area contributed by atoms with Crippen LogP contribution in [0.15, 0.2) is 42.5 Å². The normalized spacial score (nSPS) is 15.0. The van der Waals surface area contributed by atoms with Crippen LogP contribution in [0.5, 0.6) is 5.88 Å². The maximum absolute atomic E-state index is 5.85. The lowest BCUT2D eigenvalue weighted by Gasteiger charge is -2.25. The molecule has 1 saturated carbocycles. The van der Waals surface area contributed by atoms with Crippen molar-refractivity contribution in [2.24, 2.45) is 0 Å². The zero-order valence-corrected chi connectivity index (χ0v) is 11.6. The number of aromatic nitrogens is 4. The largest absolute Gasteiger partial charge is 0.473 e. The second-order valence-electron chi connectivity index (χ2n) is 5.39. The smallest absolute Gasteiger partial charge is 0.232 e. The van der Waals surface area contributed by atoms with E-state index in [1.165, 1.54) is 12.0 Å². The van der Waals surface area contributed by atoms with Gasteiger partial charge in [0.15, 0.2) is 11.5 Å². The molecule has 0 aliphatic heterocycles. The molecule has 0 spiro atoms. The minimum atomic E-state index is 0.323. The van der Waals surface area contributed by atoms with Crippen LogP contribution in [-0.4, -0.2) is 25.9 Å². The fourth-order valence-corrected chi connectivity index (χ4v) is 2.43. The average Bonchev–Trinajstić information content (AvgIpc) is 2.87. The Bertz CT molecular complexity index is 749. The molecule has 5 heteroatoms. The first-order chi connectivity index (χ1) is 10.4. The van der Waals surface area contributed by atoms with Crippen LogP contribution >= 0.6 is 0 Å². The first-order valence-corrected chi connectivity index (χ1v) is 7.30. The van der Waals surface area contributed by atoms with Crippen molar-refractivity contribution in [1.29, 1.82) is 0 Å². The summed E-state index contributed by atoms with van der Waals surface area (Å²) in [7, 11) is 0. The van der Waals surface area contributed by atoms with E-state index in [9.17, 15) is 0 Å². The van der Waals surface area contributed by atoms with Gasteiger partial charge >= 0.3 is 0 Å². The van der Waals surface area contributed by atoms with Gasteiger partial charge in [0.2, 0.25) is 5.88 Å². The predicted octanol–water partition coefficient (Wildman–Crippen LogP) is 2.65. The van der Waals surface area contributed by atoms with E-state index < -0.39 is 0 Å². The van der Waals surface area contributed by atoms with Crippen LogP contribution in [0.4, 0.5) is 0 Å². The Morgan fingerprint density at radius 3 is 2.67 bits per heavy atom. The van der Waals surface area contributed by atoms with Crippen molar-refractivity contribution in [3.63, 3.8) is 0 Å². The number of nitrogens with zero attached hydrogens (tertiary/aromatic N) is 4. The lowest BCUT2D eigenvalue weighted by atomic mass is 9.96. The van der Waals surface area contributed by atoms with Gasteiger partial charge < -0.3 is 4.74 Å². The quantitative estimate of drug-likeness (QED) is 0.737. The van der Waals surface area contributed by atoms with Crippen LogP contribution < -0.4 is 4.74 Å². The van der Waals surface area contributed by atoms with Gasteiger partial charge in [-0.3, -0.25) is 0 Å². The molecule has 0 saturated heterocycles. The monoisotopic (exact) mass is 280 g/mol. The van der Waals surface area contributed by atoms with Crippen LogP contribution in [0.1, 0.15) is 30.7 Å². The lowest BCUT2D eigenvalue weighted by molar-refractivity contribution is 0.113. The SMILES string of the molecule is c1ccc(Cc2nnc3ccc(OC4CCC4)nn23)cc1. The third kappa shape index (κ3) is 2.46. The number of rotatable bonds is 4. The summed E-state index contributed by atoms with van der Waals surface area (Å²) in [4.78, 5) is 0. The highest BCUT2D eigenvalue weighted by Gasteiger charge is 2.20. The second-order valence-corrected chi connectivity index (χ2v) is 5.39. The van der Waals surface area contributed by atoms with Gasteiger partial charge in [-0.15, -0.1) is 15.3 Å². The first kappa shape index (κ1) is 12.3. The average molecular weight is 280 g/mol. The molecule has 0 radical (unpaired) electrons. The van der Waals surface area contributed by atoms with Crippen LogP contribution in [0.3, 0.4) is 0 Å². The summed E-state index contributed by atoms with van der Waals surface area (Å²) in [5.41, 5.74) is 1.95. The van der Waals surface area contributed by atoms with Crippen molar-refractivity contribution in [3.8, 4) is 5.88 Å². The van der Waals surface area contributed by atoms with Crippen LogP contribution in [0, 0.1) is 0 Å². The number of ether oxygens (including phenoxy) is 1. The number of hydrogen-bond acceptors (Lipinski definition) is 4. The molecule has 1 aliphatic rings. The molecule has 2 heterocycles. The Hall–Kier alpha value is -2.43. The van der Waals surface area contributed by atoms with Gasteiger partial charge in [-0.2, -0.15) is 4.52 Å². The molecule has 1 fully saturated rings. The third-order valence-corrected chi connectivity index (χ3v) is 3.85. The molecular formula is C16H16N4O. The highest BCUT2D eigenvalue weighted by Crippen LogP contribution is 2.24. The molecule has 0 N–H and O–H groups in total. The predicted molar refractivity (Wildman–Crippen MR) is 78.3 cm³/mol. The lowest BCUT2D eigenvalue weighted by Crippen LogP contribution is -2.25. The molecule has 3 aromatic rings. The van der Waals surface area contributed by atoms with Crippen molar-refractivity contribution < 1.29 is 4.74 Å². The molecule has 1 aliphatic carbocycles. The van der Waals surface area contributed by atoms with E-state index in [0.717, 1.165) is 24.3 Å². The van der Waals surface area contributed by atoms with Gasteiger partial charge in [-0.1, -0.05) is 30.3 Å². The van der Waals surface area contributed by atoms with Crippen molar-refractivity contribution in [2.45, 2.75) is 31.8 Å². The highest BCUT2D eigenvalue weighted by molar-refractivity contribution is 5.38. The molecule has 0 bridgehead atoms. The fourth-order valence-electron chi connectivity index (χ4n) is 2.43. The second kappa shape index (κ2) is 5.16. The summed E-state index contributed by atoms with van der Waals surface area (Å²) in [5.74, 6) is 1.48. The molecule has 21 heavy (non-hydrogen) atoms. The van der Waals surface area contributed by atoms with Crippen LogP contribution in [0.25, 0.3) is 5.65 Å². The van der Waals surface area contributed by atoms with E-state index in [1.807, 2.05) is 30.3 Å². The third-order valence-electron chi connectivity index (χ3n) is 3.85. The summed E-state index contributed by atoms with van der Waals surface area (Å²) in [5, 5.41) is 12.9. The van der Waals surface area contributed by atoms with Crippen LogP contribution in [0.2, 0.25) is 0 Å². The van der Waals surface area contributed by atoms with E-state index in [2.05, 4.69) is 27.4 Å². The van der Waals surface area contributed by atoms with E-state index in [4.69, 9.17) is 4.74 Å². The summed E-state index contributed by atoms with van der Waals surface area (Å²) >= 11 is 0. The Morgan fingerprint density at radius 2 is 1.90 bits per heavy atom. The Balaban J connectivity index is 1.63. The van der Waals surface area contributed by atoms with Gasteiger partial charge in [0, 0.05) is 12.5 Å². The molecule has 0 unspecified atom stereocenters. The molecule has 4 rings (SSSR count). The van der Waals surface area contributed by atoms with Crippen molar-refractivity contribution in [3.05, 3.63) is 53.9 Å². The van der Waals surface area contributed by atoms with E-state index >= 15 is 0 Å². The van der Waals surface area contributed by atoms with Crippen LogP contribution in [-0.2, 0) is 6.42 Å². The summed E-state index contributed by atoms with van der Waals surface area (Å²) in [6.45, 7) is 0. The summed E-state index contributed by atoms with van der Waals surface area (Å²) in [6.07, 6.45) is 4.53. The Kier molecular flexibility index (Phi) is 3.03.